The fraction of sp³-hybridized carbons (Fsp3) is 0.500. The zero-order chi connectivity index (χ0) is 16.3. The van der Waals surface area contributed by atoms with Crippen LogP contribution in [0, 0.1) is 5.41 Å². The quantitative estimate of drug-likeness (QED) is 0.827. The summed E-state index contributed by atoms with van der Waals surface area (Å²) in [5.41, 5.74) is -0.601. The monoisotopic (exact) mass is 315 g/mol. The second-order valence-electron chi connectivity index (χ2n) is 5.78. The largest absolute Gasteiger partial charge is 0.497 e. The van der Waals surface area contributed by atoms with Crippen LogP contribution in [-0.4, -0.2) is 38.5 Å². The first-order valence-electron chi connectivity index (χ1n) is 6.41. The second-order valence-corrected chi connectivity index (χ2v) is 7.77. The van der Waals surface area contributed by atoms with Crippen LogP contribution in [0.15, 0.2) is 29.2 Å². The molecule has 1 aromatic rings. The third-order valence-electron chi connectivity index (χ3n) is 2.99. The molecular weight excluding hydrogens is 294 g/mol. The highest BCUT2D eigenvalue weighted by Gasteiger charge is 2.32. The number of hydrogen-bond donors (Lipinski definition) is 2. The SMILES string of the molecule is COc1cccc(S(=O)(=O)CN[C@@H](C(=O)O)C(C)(C)C)c1. The summed E-state index contributed by atoms with van der Waals surface area (Å²) in [6.45, 7) is 5.20. The van der Waals surface area contributed by atoms with Crippen LogP contribution in [0.5, 0.6) is 5.75 Å². The van der Waals surface area contributed by atoms with E-state index in [0.717, 1.165) is 0 Å². The Balaban J connectivity index is 2.92. The van der Waals surface area contributed by atoms with Crippen LogP contribution in [0.1, 0.15) is 20.8 Å². The Bertz CT molecular complexity index is 604. The van der Waals surface area contributed by atoms with Gasteiger partial charge in [0.15, 0.2) is 9.84 Å². The van der Waals surface area contributed by atoms with Crippen molar-refractivity contribution in [3.63, 3.8) is 0 Å². The van der Waals surface area contributed by atoms with Gasteiger partial charge < -0.3 is 9.84 Å². The number of rotatable bonds is 6. The minimum atomic E-state index is -3.64. The van der Waals surface area contributed by atoms with Crippen molar-refractivity contribution in [2.75, 3.05) is 13.0 Å². The van der Waals surface area contributed by atoms with Gasteiger partial charge in [0, 0.05) is 0 Å². The van der Waals surface area contributed by atoms with Crippen molar-refractivity contribution < 1.29 is 23.1 Å². The van der Waals surface area contributed by atoms with E-state index in [1.165, 1.54) is 19.2 Å². The number of nitrogens with one attached hydrogen (secondary N) is 1. The average Bonchev–Trinajstić information content (AvgIpc) is 2.36. The van der Waals surface area contributed by atoms with Gasteiger partial charge in [0.25, 0.3) is 0 Å². The van der Waals surface area contributed by atoms with Gasteiger partial charge in [-0.1, -0.05) is 26.8 Å². The smallest absolute Gasteiger partial charge is 0.321 e. The van der Waals surface area contributed by atoms with Crippen LogP contribution in [0.25, 0.3) is 0 Å². The fourth-order valence-corrected chi connectivity index (χ4v) is 2.97. The van der Waals surface area contributed by atoms with E-state index < -0.39 is 33.1 Å². The summed E-state index contributed by atoms with van der Waals surface area (Å²) in [6, 6.07) is 5.11. The summed E-state index contributed by atoms with van der Waals surface area (Å²) in [5.74, 6) is -1.10. The summed E-state index contributed by atoms with van der Waals surface area (Å²) in [4.78, 5) is 11.3. The molecular formula is C14H21NO5S. The topological polar surface area (TPSA) is 92.7 Å². The van der Waals surface area contributed by atoms with Gasteiger partial charge in [-0.05, 0) is 23.6 Å². The van der Waals surface area contributed by atoms with E-state index in [-0.39, 0.29) is 4.90 Å². The lowest BCUT2D eigenvalue weighted by Gasteiger charge is -2.27. The number of sulfone groups is 1. The van der Waals surface area contributed by atoms with Gasteiger partial charge in [-0.15, -0.1) is 0 Å². The second kappa shape index (κ2) is 6.44. The number of carboxylic acids is 1. The van der Waals surface area contributed by atoms with Crippen LogP contribution >= 0.6 is 0 Å². The molecule has 1 aromatic carbocycles. The summed E-state index contributed by atoms with van der Waals surface area (Å²) in [5, 5.41) is 11.8. The molecule has 0 saturated carbocycles. The number of benzene rings is 1. The van der Waals surface area contributed by atoms with E-state index in [1.807, 2.05) is 0 Å². The van der Waals surface area contributed by atoms with E-state index in [4.69, 9.17) is 4.74 Å². The summed E-state index contributed by atoms with van der Waals surface area (Å²) in [6.07, 6.45) is 0. The van der Waals surface area contributed by atoms with E-state index in [0.29, 0.717) is 5.75 Å². The lowest BCUT2D eigenvalue weighted by Crippen LogP contribution is -2.48. The van der Waals surface area contributed by atoms with Gasteiger partial charge in [-0.2, -0.15) is 0 Å². The van der Waals surface area contributed by atoms with Crippen LogP contribution < -0.4 is 10.1 Å². The fourth-order valence-electron chi connectivity index (χ4n) is 1.83. The predicted molar refractivity (Wildman–Crippen MR) is 79.1 cm³/mol. The zero-order valence-electron chi connectivity index (χ0n) is 12.6. The van der Waals surface area contributed by atoms with Crippen molar-refractivity contribution in [1.82, 2.24) is 5.32 Å². The van der Waals surface area contributed by atoms with Crippen LogP contribution in [-0.2, 0) is 14.6 Å². The molecule has 0 aliphatic carbocycles. The molecule has 0 heterocycles. The van der Waals surface area contributed by atoms with Gasteiger partial charge in [-0.3, -0.25) is 10.1 Å². The zero-order valence-corrected chi connectivity index (χ0v) is 13.4. The Labute approximate surface area is 125 Å². The molecule has 0 spiro atoms. The highest BCUT2D eigenvalue weighted by Crippen LogP contribution is 2.21. The molecule has 0 unspecified atom stereocenters. The Morgan fingerprint density at radius 3 is 2.48 bits per heavy atom. The van der Waals surface area contributed by atoms with Crippen molar-refractivity contribution in [2.24, 2.45) is 5.41 Å². The molecule has 0 bridgehead atoms. The molecule has 2 N–H and O–H groups in total. The van der Waals surface area contributed by atoms with Crippen LogP contribution in [0.3, 0.4) is 0 Å². The van der Waals surface area contributed by atoms with E-state index in [2.05, 4.69) is 5.32 Å². The van der Waals surface area contributed by atoms with Gasteiger partial charge in [0.1, 0.15) is 17.7 Å². The molecule has 1 rings (SSSR count). The molecule has 0 fully saturated rings. The Morgan fingerprint density at radius 2 is 2.00 bits per heavy atom. The number of methoxy groups -OCH3 is 1. The lowest BCUT2D eigenvalue weighted by atomic mass is 9.87. The summed E-state index contributed by atoms with van der Waals surface area (Å²) in [7, 11) is -2.19. The van der Waals surface area contributed by atoms with E-state index >= 15 is 0 Å². The van der Waals surface area contributed by atoms with Gasteiger partial charge in [-0.25, -0.2) is 8.42 Å². The molecule has 118 valence electrons. The summed E-state index contributed by atoms with van der Waals surface area (Å²) >= 11 is 0. The van der Waals surface area contributed by atoms with Crippen LogP contribution in [0.4, 0.5) is 0 Å². The first-order valence-corrected chi connectivity index (χ1v) is 8.06. The van der Waals surface area contributed by atoms with E-state index in [9.17, 15) is 18.3 Å². The van der Waals surface area contributed by atoms with Gasteiger partial charge in [0.2, 0.25) is 0 Å². The molecule has 0 aliphatic heterocycles. The maximum atomic E-state index is 12.2. The number of aliphatic carboxylic acids is 1. The number of hydrogen-bond acceptors (Lipinski definition) is 5. The lowest BCUT2D eigenvalue weighted by molar-refractivity contribution is -0.142. The molecule has 1 atom stereocenters. The van der Waals surface area contributed by atoms with E-state index in [1.54, 1.807) is 32.9 Å². The standard InChI is InChI=1S/C14H21NO5S/c1-14(2,3)12(13(16)17)15-9-21(18,19)11-7-5-6-10(8-11)20-4/h5-8,12,15H,9H2,1-4H3,(H,16,17)/t12-/m0/s1. The van der Waals surface area contributed by atoms with Crippen molar-refractivity contribution in [2.45, 2.75) is 31.7 Å². The molecule has 0 aliphatic rings. The van der Waals surface area contributed by atoms with Gasteiger partial charge in [0.05, 0.1) is 12.0 Å². The molecule has 0 saturated heterocycles. The predicted octanol–water partition coefficient (Wildman–Crippen LogP) is 1.52. The van der Waals surface area contributed by atoms with Gasteiger partial charge >= 0.3 is 5.97 Å². The third-order valence-corrected chi connectivity index (χ3v) is 4.51. The Kier molecular flexibility index (Phi) is 5.36. The molecule has 7 heteroatoms. The number of carboxylic acid groups (broad SMARTS) is 1. The molecule has 0 aromatic heterocycles. The normalized spacial score (nSPS) is 13.7. The average molecular weight is 315 g/mol. The Hall–Kier alpha value is -1.60. The van der Waals surface area contributed by atoms with Crippen molar-refractivity contribution in [3.8, 4) is 5.75 Å². The number of ether oxygens (including phenoxy) is 1. The van der Waals surface area contributed by atoms with Crippen molar-refractivity contribution >= 4 is 15.8 Å². The number of carbonyl (C=O) groups is 1. The molecule has 21 heavy (non-hydrogen) atoms. The highest BCUT2D eigenvalue weighted by molar-refractivity contribution is 7.91. The Morgan fingerprint density at radius 1 is 1.38 bits per heavy atom. The first kappa shape index (κ1) is 17.5. The first-order chi connectivity index (χ1) is 9.58. The molecule has 0 radical (unpaired) electrons. The summed E-state index contributed by atoms with van der Waals surface area (Å²) < 4.78 is 29.5. The maximum Gasteiger partial charge on any atom is 0.321 e. The third kappa shape index (κ3) is 4.71. The maximum absolute atomic E-state index is 12.2. The van der Waals surface area contributed by atoms with Crippen molar-refractivity contribution in [3.05, 3.63) is 24.3 Å². The minimum absolute atomic E-state index is 0.0902. The molecule has 6 nitrogen and oxygen atoms in total. The van der Waals surface area contributed by atoms with Crippen molar-refractivity contribution in [1.29, 1.82) is 0 Å². The van der Waals surface area contributed by atoms with Crippen LogP contribution in [0.2, 0.25) is 0 Å². The minimum Gasteiger partial charge on any atom is -0.497 e. The molecule has 0 amide bonds. The highest BCUT2D eigenvalue weighted by atomic mass is 32.2.